The first kappa shape index (κ1) is 11.3. The van der Waals surface area contributed by atoms with E-state index in [2.05, 4.69) is 41.8 Å². The Morgan fingerprint density at radius 3 is 2.62 bits per heavy atom. The first-order valence-corrected chi connectivity index (χ1v) is 5.93. The predicted molar refractivity (Wildman–Crippen MR) is 68.4 cm³/mol. The highest BCUT2D eigenvalue weighted by molar-refractivity contribution is 9.10. The van der Waals surface area contributed by atoms with E-state index in [1.54, 1.807) is 24.5 Å². The third-order valence-electron chi connectivity index (χ3n) is 1.72. The van der Waals surface area contributed by atoms with Gasteiger partial charge in [0.05, 0.1) is 22.6 Å². The fourth-order valence-corrected chi connectivity index (χ4v) is 1.87. The monoisotopic (exact) mass is 343 g/mol. The summed E-state index contributed by atoms with van der Waals surface area (Å²) in [4.78, 5) is 8.05. The minimum absolute atomic E-state index is 0.453. The summed E-state index contributed by atoms with van der Waals surface area (Å²) in [6.45, 7) is 0. The van der Waals surface area contributed by atoms with Gasteiger partial charge in [-0.2, -0.15) is 0 Å². The van der Waals surface area contributed by atoms with Crippen molar-refractivity contribution in [3.63, 3.8) is 0 Å². The van der Waals surface area contributed by atoms with Gasteiger partial charge in [-0.15, -0.1) is 0 Å². The highest BCUT2D eigenvalue weighted by Crippen LogP contribution is 2.29. The number of hydrogen-bond donors (Lipinski definition) is 1. The molecule has 0 amide bonds. The van der Waals surface area contributed by atoms with Gasteiger partial charge in [-0.05, 0) is 44.0 Å². The number of aromatic nitrogens is 2. The second kappa shape index (κ2) is 4.80. The first-order valence-electron chi connectivity index (χ1n) is 4.34. The lowest BCUT2D eigenvalue weighted by molar-refractivity contribution is 0.457. The molecule has 0 atom stereocenters. The molecule has 2 N–H and O–H groups in total. The highest BCUT2D eigenvalue weighted by atomic mass is 79.9. The number of nitrogens with zero attached hydrogens (tertiary/aromatic N) is 2. The number of hydrogen-bond acceptors (Lipinski definition) is 4. The molecule has 2 aromatic heterocycles. The minimum atomic E-state index is 0.453. The molecule has 6 heteroatoms. The number of nitrogen functional groups attached to an aromatic ring is 1. The van der Waals surface area contributed by atoms with E-state index in [9.17, 15) is 0 Å². The molecular weight excluding hydrogens is 338 g/mol. The van der Waals surface area contributed by atoms with Gasteiger partial charge in [-0.3, -0.25) is 4.98 Å². The molecule has 0 bridgehead atoms. The molecule has 0 aliphatic carbocycles. The molecule has 2 rings (SSSR count). The van der Waals surface area contributed by atoms with Crippen molar-refractivity contribution in [2.75, 3.05) is 5.73 Å². The molecule has 0 fully saturated rings. The molecule has 82 valence electrons. The zero-order valence-corrected chi connectivity index (χ0v) is 11.2. The lowest BCUT2D eigenvalue weighted by Gasteiger charge is -2.06. The Hall–Kier alpha value is -1.14. The minimum Gasteiger partial charge on any atom is -0.436 e. The van der Waals surface area contributed by atoms with Crippen LogP contribution in [0.4, 0.5) is 5.69 Å². The Morgan fingerprint density at radius 2 is 1.94 bits per heavy atom. The third-order valence-corrected chi connectivity index (χ3v) is 2.72. The summed E-state index contributed by atoms with van der Waals surface area (Å²) in [5, 5.41) is 0. The van der Waals surface area contributed by atoms with Crippen LogP contribution in [-0.2, 0) is 0 Å². The van der Waals surface area contributed by atoms with Gasteiger partial charge >= 0.3 is 0 Å². The summed E-state index contributed by atoms with van der Waals surface area (Å²) in [5.41, 5.74) is 6.15. The van der Waals surface area contributed by atoms with Crippen molar-refractivity contribution in [1.82, 2.24) is 9.97 Å². The van der Waals surface area contributed by atoms with Crippen LogP contribution >= 0.6 is 31.9 Å². The van der Waals surface area contributed by atoms with Crippen molar-refractivity contribution in [3.8, 4) is 11.6 Å². The summed E-state index contributed by atoms with van der Waals surface area (Å²) < 4.78 is 7.08. The SMILES string of the molecule is Nc1cnc(Oc2cncc(Br)c2)c(Br)c1. The summed E-state index contributed by atoms with van der Waals surface area (Å²) in [6.07, 6.45) is 4.82. The van der Waals surface area contributed by atoms with Crippen LogP contribution in [0.5, 0.6) is 11.6 Å². The van der Waals surface area contributed by atoms with Crippen molar-refractivity contribution in [2.24, 2.45) is 0 Å². The molecule has 0 aliphatic rings. The Labute approximate surface area is 109 Å². The lowest BCUT2D eigenvalue weighted by atomic mass is 10.4. The zero-order chi connectivity index (χ0) is 11.5. The van der Waals surface area contributed by atoms with E-state index in [-0.39, 0.29) is 0 Å². The van der Waals surface area contributed by atoms with E-state index in [1.807, 2.05) is 0 Å². The second-order valence-corrected chi connectivity index (χ2v) is 4.77. The van der Waals surface area contributed by atoms with Crippen LogP contribution < -0.4 is 10.5 Å². The number of pyridine rings is 2. The van der Waals surface area contributed by atoms with Gasteiger partial charge in [0.25, 0.3) is 0 Å². The van der Waals surface area contributed by atoms with Crippen LogP contribution in [0.25, 0.3) is 0 Å². The van der Waals surface area contributed by atoms with E-state index in [0.29, 0.717) is 21.8 Å². The molecule has 0 aromatic carbocycles. The van der Waals surface area contributed by atoms with E-state index in [1.165, 1.54) is 6.20 Å². The number of ether oxygens (including phenoxy) is 1. The van der Waals surface area contributed by atoms with E-state index in [4.69, 9.17) is 10.5 Å². The molecule has 0 radical (unpaired) electrons. The maximum atomic E-state index is 5.58. The van der Waals surface area contributed by atoms with Crippen LogP contribution in [0.3, 0.4) is 0 Å². The summed E-state index contributed by atoms with van der Waals surface area (Å²) in [5.74, 6) is 1.06. The van der Waals surface area contributed by atoms with Crippen molar-refractivity contribution in [2.45, 2.75) is 0 Å². The van der Waals surface area contributed by atoms with Crippen LogP contribution in [0.15, 0.2) is 39.7 Å². The van der Waals surface area contributed by atoms with Gasteiger partial charge in [-0.25, -0.2) is 4.98 Å². The maximum absolute atomic E-state index is 5.58. The number of halogens is 2. The van der Waals surface area contributed by atoms with Gasteiger partial charge < -0.3 is 10.5 Å². The quantitative estimate of drug-likeness (QED) is 0.907. The normalized spacial score (nSPS) is 10.1. The van der Waals surface area contributed by atoms with Crippen LogP contribution in [0, 0.1) is 0 Å². The zero-order valence-electron chi connectivity index (χ0n) is 8.02. The Bertz CT molecular complexity index is 519. The largest absolute Gasteiger partial charge is 0.436 e. The summed E-state index contributed by atoms with van der Waals surface area (Å²) >= 11 is 6.63. The Balaban J connectivity index is 2.27. The highest BCUT2D eigenvalue weighted by Gasteiger charge is 2.05. The van der Waals surface area contributed by atoms with Crippen LogP contribution in [0.2, 0.25) is 0 Å². The Morgan fingerprint density at radius 1 is 1.12 bits per heavy atom. The molecule has 0 saturated heterocycles. The van der Waals surface area contributed by atoms with E-state index < -0.39 is 0 Å². The predicted octanol–water partition coefficient (Wildman–Crippen LogP) is 3.38. The van der Waals surface area contributed by atoms with Gasteiger partial charge in [0.2, 0.25) is 5.88 Å². The molecule has 0 unspecified atom stereocenters. The number of rotatable bonds is 2. The lowest BCUT2D eigenvalue weighted by Crippen LogP contribution is -1.92. The smallest absolute Gasteiger partial charge is 0.233 e. The standard InChI is InChI=1S/C10H7Br2N3O/c11-6-1-8(5-14-3-6)16-10-9(12)2-7(13)4-15-10/h1-5H,13H2. The number of anilines is 1. The topological polar surface area (TPSA) is 61.0 Å². The third kappa shape index (κ3) is 2.70. The Kier molecular flexibility index (Phi) is 3.40. The summed E-state index contributed by atoms with van der Waals surface area (Å²) in [6, 6.07) is 3.53. The average molecular weight is 345 g/mol. The number of nitrogens with two attached hydrogens (primary N) is 1. The molecule has 2 heterocycles. The van der Waals surface area contributed by atoms with Gasteiger partial charge in [0.15, 0.2) is 0 Å². The van der Waals surface area contributed by atoms with Crippen molar-refractivity contribution >= 4 is 37.5 Å². The second-order valence-electron chi connectivity index (χ2n) is 3.00. The van der Waals surface area contributed by atoms with Crippen molar-refractivity contribution in [1.29, 1.82) is 0 Å². The van der Waals surface area contributed by atoms with Gasteiger partial charge in [0.1, 0.15) is 5.75 Å². The summed E-state index contributed by atoms with van der Waals surface area (Å²) in [7, 11) is 0. The molecule has 2 aromatic rings. The molecular formula is C10H7Br2N3O. The maximum Gasteiger partial charge on any atom is 0.233 e. The average Bonchev–Trinajstić information content (AvgIpc) is 2.22. The van der Waals surface area contributed by atoms with Gasteiger partial charge in [-0.1, -0.05) is 0 Å². The first-order chi connectivity index (χ1) is 7.65. The fourth-order valence-electron chi connectivity index (χ4n) is 1.08. The van der Waals surface area contributed by atoms with Crippen LogP contribution in [-0.4, -0.2) is 9.97 Å². The molecule has 16 heavy (non-hydrogen) atoms. The molecule has 0 saturated carbocycles. The molecule has 0 spiro atoms. The molecule has 0 aliphatic heterocycles. The van der Waals surface area contributed by atoms with Crippen molar-refractivity contribution in [3.05, 3.63) is 39.7 Å². The van der Waals surface area contributed by atoms with Crippen LogP contribution in [0.1, 0.15) is 0 Å². The van der Waals surface area contributed by atoms with E-state index in [0.717, 1.165) is 4.47 Å². The van der Waals surface area contributed by atoms with Gasteiger partial charge in [0, 0.05) is 10.7 Å². The molecule has 4 nitrogen and oxygen atoms in total. The fraction of sp³-hybridized carbons (Fsp3) is 0. The van der Waals surface area contributed by atoms with E-state index >= 15 is 0 Å². The van der Waals surface area contributed by atoms with Crippen molar-refractivity contribution < 1.29 is 4.74 Å².